The van der Waals surface area contributed by atoms with E-state index >= 15 is 0 Å². The molecule has 2 N–H and O–H groups in total. The van der Waals surface area contributed by atoms with E-state index in [2.05, 4.69) is 10.3 Å². The minimum Gasteiger partial charge on any atom is -0.506 e. The third-order valence-corrected chi connectivity index (χ3v) is 4.89. The fraction of sp³-hybridized carbons (Fsp3) is 0.0870. The number of aromatic hydroxyl groups is 1. The third kappa shape index (κ3) is 3.59. The number of amides is 1. The Labute approximate surface area is 176 Å². The molecule has 2 aromatic heterocycles. The van der Waals surface area contributed by atoms with Gasteiger partial charge in [0, 0.05) is 11.9 Å². The highest BCUT2D eigenvalue weighted by Crippen LogP contribution is 2.28. The van der Waals surface area contributed by atoms with Crippen molar-refractivity contribution in [2.45, 2.75) is 6.92 Å². The van der Waals surface area contributed by atoms with E-state index < -0.39 is 28.6 Å². The number of carbonyl (C=O) groups excluding carboxylic acids is 1. The van der Waals surface area contributed by atoms with Gasteiger partial charge in [-0.05, 0) is 61.0 Å². The highest BCUT2D eigenvalue weighted by atomic mass is 19.1. The summed E-state index contributed by atoms with van der Waals surface area (Å²) in [6.07, 6.45) is 1.48. The number of hydrogen-bond acceptors (Lipinski definition) is 5. The first-order valence-corrected chi connectivity index (χ1v) is 9.35. The molecule has 156 valence electrons. The molecule has 0 aliphatic rings. The largest absolute Gasteiger partial charge is 0.506 e. The van der Waals surface area contributed by atoms with Crippen molar-refractivity contribution in [3.05, 3.63) is 88.1 Å². The van der Waals surface area contributed by atoms with E-state index in [-0.39, 0.29) is 16.7 Å². The normalized spacial score (nSPS) is 10.8. The van der Waals surface area contributed by atoms with Gasteiger partial charge in [0.2, 0.25) is 0 Å². The summed E-state index contributed by atoms with van der Waals surface area (Å²) in [5.41, 5.74) is -0.0389. The van der Waals surface area contributed by atoms with Crippen LogP contribution in [0.25, 0.3) is 16.7 Å². The van der Waals surface area contributed by atoms with Gasteiger partial charge in [-0.3, -0.25) is 14.2 Å². The van der Waals surface area contributed by atoms with Crippen LogP contribution in [0, 0.1) is 12.7 Å². The lowest BCUT2D eigenvalue weighted by atomic mass is 10.1. The van der Waals surface area contributed by atoms with Crippen LogP contribution in [0.3, 0.4) is 0 Å². The molecule has 7 nitrogen and oxygen atoms in total. The number of pyridine rings is 2. The molecule has 0 saturated carbocycles. The second kappa shape index (κ2) is 7.91. The van der Waals surface area contributed by atoms with Crippen LogP contribution in [-0.4, -0.2) is 27.7 Å². The molecule has 4 rings (SSSR count). The van der Waals surface area contributed by atoms with E-state index in [0.29, 0.717) is 17.0 Å². The van der Waals surface area contributed by atoms with Crippen molar-refractivity contribution in [2.24, 2.45) is 0 Å². The molecule has 0 aliphatic heterocycles. The number of nitrogens with one attached hydrogen (secondary N) is 1. The smallest absolute Gasteiger partial charge is 0.273 e. The second-order valence-corrected chi connectivity index (χ2v) is 6.85. The number of hydrogen-bond donors (Lipinski definition) is 2. The number of aromatic nitrogens is 2. The average Bonchev–Trinajstić information content (AvgIpc) is 2.77. The summed E-state index contributed by atoms with van der Waals surface area (Å²) < 4.78 is 20.2. The standard InChI is InChI=1S/C23H18FN3O4/c1-13-5-6-14(12-18(13)24)26-22(29)19-20(28)17-4-3-11-25-21(17)27(23(19)30)15-7-9-16(31-2)10-8-15/h3-12,28H,1-2H3,(H,26,29). The SMILES string of the molecule is COc1ccc(-n2c(=O)c(C(=O)Nc3ccc(C)c(F)c3)c(O)c3cccnc32)cc1. The summed E-state index contributed by atoms with van der Waals surface area (Å²) in [7, 11) is 1.52. The lowest BCUT2D eigenvalue weighted by Crippen LogP contribution is -2.29. The molecule has 1 amide bonds. The van der Waals surface area contributed by atoms with Crippen LogP contribution >= 0.6 is 0 Å². The van der Waals surface area contributed by atoms with Crippen LogP contribution in [-0.2, 0) is 0 Å². The van der Waals surface area contributed by atoms with Crippen LogP contribution in [0.1, 0.15) is 15.9 Å². The molecule has 0 radical (unpaired) electrons. The number of fused-ring (bicyclic) bond motifs is 1. The number of anilines is 1. The molecular formula is C23H18FN3O4. The first-order chi connectivity index (χ1) is 14.9. The number of nitrogens with zero attached hydrogens (tertiary/aromatic N) is 2. The highest BCUT2D eigenvalue weighted by Gasteiger charge is 2.24. The van der Waals surface area contributed by atoms with E-state index in [1.165, 1.54) is 30.0 Å². The van der Waals surface area contributed by atoms with Crippen molar-refractivity contribution >= 4 is 22.6 Å². The van der Waals surface area contributed by atoms with Crippen molar-refractivity contribution in [3.63, 3.8) is 0 Å². The fourth-order valence-corrected chi connectivity index (χ4v) is 3.24. The molecule has 0 atom stereocenters. The van der Waals surface area contributed by atoms with Gasteiger partial charge in [-0.25, -0.2) is 9.37 Å². The maximum atomic E-state index is 13.9. The summed E-state index contributed by atoms with van der Waals surface area (Å²) in [5.74, 6) is -1.27. The summed E-state index contributed by atoms with van der Waals surface area (Å²) >= 11 is 0. The monoisotopic (exact) mass is 419 g/mol. The predicted molar refractivity (Wildman–Crippen MR) is 115 cm³/mol. The van der Waals surface area contributed by atoms with Crippen molar-refractivity contribution in [1.29, 1.82) is 0 Å². The van der Waals surface area contributed by atoms with Crippen LogP contribution in [0.4, 0.5) is 10.1 Å². The molecule has 2 aromatic carbocycles. The fourth-order valence-electron chi connectivity index (χ4n) is 3.24. The quantitative estimate of drug-likeness (QED) is 0.525. The molecule has 0 saturated heterocycles. The molecule has 0 fully saturated rings. The maximum absolute atomic E-state index is 13.9. The second-order valence-electron chi connectivity index (χ2n) is 6.85. The van der Waals surface area contributed by atoms with Gasteiger partial charge < -0.3 is 15.2 Å². The van der Waals surface area contributed by atoms with Crippen molar-refractivity contribution in [3.8, 4) is 17.2 Å². The Morgan fingerprint density at radius 3 is 2.58 bits per heavy atom. The Kier molecular flexibility index (Phi) is 5.12. The highest BCUT2D eigenvalue weighted by molar-refractivity contribution is 6.09. The van der Waals surface area contributed by atoms with Crippen LogP contribution < -0.4 is 15.6 Å². The Balaban J connectivity index is 1.90. The predicted octanol–water partition coefficient (Wildman–Crippen LogP) is 3.80. The zero-order valence-electron chi connectivity index (χ0n) is 16.7. The van der Waals surface area contributed by atoms with E-state index in [4.69, 9.17) is 4.74 Å². The van der Waals surface area contributed by atoms with Gasteiger partial charge in [0.1, 0.15) is 22.9 Å². The number of benzene rings is 2. The lowest BCUT2D eigenvalue weighted by molar-refractivity contribution is 0.102. The minimum absolute atomic E-state index is 0.161. The number of carbonyl (C=O) groups is 1. The molecule has 0 spiro atoms. The molecule has 31 heavy (non-hydrogen) atoms. The summed E-state index contributed by atoms with van der Waals surface area (Å²) in [6.45, 7) is 1.59. The van der Waals surface area contributed by atoms with Crippen molar-refractivity contribution < 1.29 is 19.0 Å². The van der Waals surface area contributed by atoms with Gasteiger partial charge in [-0.2, -0.15) is 0 Å². The zero-order valence-corrected chi connectivity index (χ0v) is 16.7. The number of halogens is 1. The molecule has 8 heteroatoms. The van der Waals surface area contributed by atoms with Gasteiger partial charge in [0.25, 0.3) is 11.5 Å². The zero-order chi connectivity index (χ0) is 22.1. The van der Waals surface area contributed by atoms with Gasteiger partial charge >= 0.3 is 0 Å². The lowest BCUT2D eigenvalue weighted by Gasteiger charge is -2.14. The van der Waals surface area contributed by atoms with Gasteiger partial charge in [-0.15, -0.1) is 0 Å². The van der Waals surface area contributed by atoms with E-state index in [1.54, 1.807) is 43.3 Å². The molecule has 4 aromatic rings. The van der Waals surface area contributed by atoms with E-state index in [1.807, 2.05) is 0 Å². The molecule has 0 unspecified atom stereocenters. The first kappa shape index (κ1) is 20.1. The molecule has 0 bridgehead atoms. The number of methoxy groups -OCH3 is 1. The summed E-state index contributed by atoms with van der Waals surface area (Å²) in [5, 5.41) is 13.4. The van der Waals surface area contributed by atoms with Crippen molar-refractivity contribution in [1.82, 2.24) is 9.55 Å². The van der Waals surface area contributed by atoms with Crippen LogP contribution in [0.5, 0.6) is 11.5 Å². The molecule has 2 heterocycles. The van der Waals surface area contributed by atoms with E-state index in [0.717, 1.165) is 6.07 Å². The Bertz CT molecular complexity index is 1360. The molecule has 0 aliphatic carbocycles. The average molecular weight is 419 g/mol. The first-order valence-electron chi connectivity index (χ1n) is 9.35. The Morgan fingerprint density at radius 2 is 1.90 bits per heavy atom. The Hall–Kier alpha value is -4.20. The Morgan fingerprint density at radius 1 is 1.16 bits per heavy atom. The van der Waals surface area contributed by atoms with Gasteiger partial charge in [0.15, 0.2) is 5.65 Å². The van der Waals surface area contributed by atoms with Crippen LogP contribution in [0.2, 0.25) is 0 Å². The number of aryl methyl sites for hydroxylation is 1. The maximum Gasteiger partial charge on any atom is 0.273 e. The molecular weight excluding hydrogens is 401 g/mol. The van der Waals surface area contributed by atoms with Gasteiger partial charge in [0.05, 0.1) is 18.2 Å². The van der Waals surface area contributed by atoms with Crippen molar-refractivity contribution in [2.75, 3.05) is 12.4 Å². The van der Waals surface area contributed by atoms with Crippen LogP contribution in [0.15, 0.2) is 65.6 Å². The number of ether oxygens (including phenoxy) is 1. The topological polar surface area (TPSA) is 93.5 Å². The third-order valence-electron chi connectivity index (χ3n) is 4.89. The van der Waals surface area contributed by atoms with Gasteiger partial charge in [-0.1, -0.05) is 6.07 Å². The minimum atomic E-state index is -0.862. The van der Waals surface area contributed by atoms with E-state index in [9.17, 15) is 19.1 Å². The summed E-state index contributed by atoms with van der Waals surface area (Å²) in [6, 6.07) is 13.9. The number of rotatable bonds is 4. The summed E-state index contributed by atoms with van der Waals surface area (Å²) in [4.78, 5) is 30.5.